The lowest BCUT2D eigenvalue weighted by Crippen LogP contribution is -2.52. The summed E-state index contributed by atoms with van der Waals surface area (Å²) >= 11 is 6.21. The Morgan fingerprint density at radius 2 is 1.12 bits per heavy atom. The van der Waals surface area contributed by atoms with Crippen molar-refractivity contribution in [1.82, 2.24) is 4.90 Å². The Morgan fingerprint density at radius 3 is 1.62 bits per heavy atom. The van der Waals surface area contributed by atoms with Crippen molar-refractivity contribution in [2.24, 2.45) is 0 Å². The van der Waals surface area contributed by atoms with Gasteiger partial charge in [0.05, 0.1) is 18.8 Å². The van der Waals surface area contributed by atoms with E-state index < -0.39 is 0 Å². The molecule has 1 heterocycles. The highest BCUT2D eigenvalue weighted by atomic mass is 35.5. The van der Waals surface area contributed by atoms with Crippen LogP contribution in [0.4, 0.5) is 0 Å². The third-order valence-electron chi connectivity index (χ3n) is 5.13. The fraction of sp³-hybridized carbons (Fsp3) is 0.217. The summed E-state index contributed by atoms with van der Waals surface area (Å²) in [5, 5.41) is 0.755. The minimum absolute atomic E-state index is 0.364. The van der Waals surface area contributed by atoms with Crippen molar-refractivity contribution in [2.45, 2.75) is 5.54 Å². The molecule has 3 aromatic rings. The first-order chi connectivity index (χ1) is 12.8. The number of benzene rings is 3. The molecule has 0 aromatic heterocycles. The molecule has 1 saturated heterocycles. The molecule has 0 spiro atoms. The molecule has 132 valence electrons. The van der Waals surface area contributed by atoms with Crippen molar-refractivity contribution >= 4 is 11.6 Å². The highest BCUT2D eigenvalue weighted by Gasteiger charge is 2.42. The average molecular weight is 364 g/mol. The van der Waals surface area contributed by atoms with Crippen LogP contribution in [0.15, 0.2) is 84.9 Å². The van der Waals surface area contributed by atoms with Gasteiger partial charge in [-0.15, -0.1) is 0 Å². The first kappa shape index (κ1) is 17.3. The summed E-state index contributed by atoms with van der Waals surface area (Å²) in [6.07, 6.45) is 0. The van der Waals surface area contributed by atoms with Crippen molar-refractivity contribution in [2.75, 3.05) is 26.3 Å². The van der Waals surface area contributed by atoms with E-state index in [0.717, 1.165) is 31.3 Å². The molecule has 0 radical (unpaired) electrons. The van der Waals surface area contributed by atoms with Gasteiger partial charge >= 0.3 is 0 Å². The standard InChI is InChI=1S/C23H22ClNO/c24-22-13-11-21(12-14-22)23(19-7-3-1-4-8-19,20-9-5-2-6-10-20)25-15-17-26-18-16-25/h1-14H,15-18H2. The second-order valence-corrected chi connectivity index (χ2v) is 6.99. The second-order valence-electron chi connectivity index (χ2n) is 6.55. The molecule has 0 atom stereocenters. The molecule has 0 saturated carbocycles. The molecule has 2 nitrogen and oxygen atoms in total. The first-order valence-corrected chi connectivity index (χ1v) is 9.39. The van der Waals surface area contributed by atoms with Gasteiger partial charge < -0.3 is 4.74 Å². The molecular weight excluding hydrogens is 342 g/mol. The lowest BCUT2D eigenvalue weighted by molar-refractivity contribution is 0.00227. The van der Waals surface area contributed by atoms with Crippen LogP contribution in [0.25, 0.3) is 0 Å². The summed E-state index contributed by atoms with van der Waals surface area (Å²) in [6.45, 7) is 3.25. The van der Waals surface area contributed by atoms with Gasteiger partial charge in [0, 0.05) is 18.1 Å². The Bertz CT molecular complexity index is 788. The van der Waals surface area contributed by atoms with Gasteiger partial charge in [-0.25, -0.2) is 0 Å². The van der Waals surface area contributed by atoms with E-state index >= 15 is 0 Å². The Labute approximate surface area is 160 Å². The van der Waals surface area contributed by atoms with Gasteiger partial charge in [-0.2, -0.15) is 0 Å². The molecule has 0 bridgehead atoms. The van der Waals surface area contributed by atoms with E-state index in [1.807, 2.05) is 12.1 Å². The molecule has 0 N–H and O–H groups in total. The topological polar surface area (TPSA) is 12.5 Å². The van der Waals surface area contributed by atoms with Gasteiger partial charge in [-0.05, 0) is 28.8 Å². The van der Waals surface area contributed by atoms with E-state index in [4.69, 9.17) is 16.3 Å². The number of hydrogen-bond donors (Lipinski definition) is 0. The lowest BCUT2D eigenvalue weighted by Gasteiger charge is -2.47. The van der Waals surface area contributed by atoms with E-state index in [1.54, 1.807) is 0 Å². The minimum Gasteiger partial charge on any atom is -0.379 e. The smallest absolute Gasteiger partial charge is 0.0974 e. The molecular formula is C23H22ClNO. The average Bonchev–Trinajstić information content (AvgIpc) is 2.72. The molecule has 26 heavy (non-hydrogen) atoms. The van der Waals surface area contributed by atoms with Crippen molar-refractivity contribution < 1.29 is 4.74 Å². The number of rotatable bonds is 4. The highest BCUT2D eigenvalue weighted by Crippen LogP contribution is 2.42. The maximum Gasteiger partial charge on any atom is 0.0974 e. The van der Waals surface area contributed by atoms with Crippen LogP contribution >= 0.6 is 11.6 Å². The van der Waals surface area contributed by atoms with E-state index in [0.29, 0.717) is 0 Å². The first-order valence-electron chi connectivity index (χ1n) is 9.02. The van der Waals surface area contributed by atoms with Crippen LogP contribution in [0.1, 0.15) is 16.7 Å². The number of ether oxygens (including phenoxy) is 1. The van der Waals surface area contributed by atoms with Crippen LogP contribution in [-0.2, 0) is 10.3 Å². The Hall–Kier alpha value is -2.13. The lowest BCUT2D eigenvalue weighted by atomic mass is 9.75. The van der Waals surface area contributed by atoms with Crippen LogP contribution in [0.3, 0.4) is 0 Å². The highest BCUT2D eigenvalue weighted by molar-refractivity contribution is 6.30. The fourth-order valence-electron chi connectivity index (χ4n) is 4.00. The van der Waals surface area contributed by atoms with Crippen LogP contribution in [0, 0.1) is 0 Å². The van der Waals surface area contributed by atoms with Crippen molar-refractivity contribution in [1.29, 1.82) is 0 Å². The third kappa shape index (κ3) is 3.05. The summed E-state index contributed by atoms with van der Waals surface area (Å²) < 4.78 is 5.66. The minimum atomic E-state index is -0.364. The number of halogens is 1. The van der Waals surface area contributed by atoms with E-state index in [1.165, 1.54) is 16.7 Å². The molecule has 3 aromatic carbocycles. The Balaban J connectivity index is 2.00. The van der Waals surface area contributed by atoms with Gasteiger partial charge in [-0.3, -0.25) is 4.90 Å². The van der Waals surface area contributed by atoms with Gasteiger partial charge in [0.15, 0.2) is 0 Å². The van der Waals surface area contributed by atoms with Crippen LogP contribution in [0.5, 0.6) is 0 Å². The van der Waals surface area contributed by atoms with Crippen LogP contribution < -0.4 is 0 Å². The fourth-order valence-corrected chi connectivity index (χ4v) is 4.12. The molecule has 1 aliphatic rings. The Morgan fingerprint density at radius 1 is 0.654 bits per heavy atom. The number of hydrogen-bond acceptors (Lipinski definition) is 2. The van der Waals surface area contributed by atoms with Gasteiger partial charge in [0.2, 0.25) is 0 Å². The van der Waals surface area contributed by atoms with E-state index in [2.05, 4.69) is 77.7 Å². The van der Waals surface area contributed by atoms with E-state index in [-0.39, 0.29) is 5.54 Å². The maximum absolute atomic E-state index is 6.21. The molecule has 3 heteroatoms. The van der Waals surface area contributed by atoms with Gasteiger partial charge in [-0.1, -0.05) is 84.4 Å². The predicted molar refractivity (Wildman–Crippen MR) is 107 cm³/mol. The predicted octanol–water partition coefficient (Wildman–Crippen LogP) is 4.96. The molecule has 0 unspecified atom stereocenters. The summed E-state index contributed by atoms with van der Waals surface area (Å²) in [7, 11) is 0. The molecule has 1 fully saturated rings. The number of nitrogens with zero attached hydrogens (tertiary/aromatic N) is 1. The van der Waals surface area contributed by atoms with Gasteiger partial charge in [0.1, 0.15) is 0 Å². The summed E-state index contributed by atoms with van der Waals surface area (Å²) in [5.74, 6) is 0. The van der Waals surface area contributed by atoms with Crippen LogP contribution in [0.2, 0.25) is 5.02 Å². The molecule has 0 amide bonds. The second kappa shape index (κ2) is 7.63. The zero-order valence-corrected chi connectivity index (χ0v) is 15.4. The zero-order valence-electron chi connectivity index (χ0n) is 14.6. The van der Waals surface area contributed by atoms with Crippen molar-refractivity contribution in [3.05, 3.63) is 107 Å². The summed E-state index contributed by atoms with van der Waals surface area (Å²) in [6, 6.07) is 29.7. The van der Waals surface area contributed by atoms with Crippen LogP contribution in [-0.4, -0.2) is 31.2 Å². The molecule has 4 rings (SSSR count). The molecule has 0 aliphatic carbocycles. The number of morpholine rings is 1. The van der Waals surface area contributed by atoms with Crippen molar-refractivity contribution in [3.63, 3.8) is 0 Å². The van der Waals surface area contributed by atoms with E-state index in [9.17, 15) is 0 Å². The zero-order chi connectivity index (χ0) is 17.8. The SMILES string of the molecule is Clc1ccc(C(c2ccccc2)(c2ccccc2)N2CCOCC2)cc1. The summed E-state index contributed by atoms with van der Waals surface area (Å²) in [5.41, 5.74) is 3.38. The third-order valence-corrected chi connectivity index (χ3v) is 5.38. The molecule has 1 aliphatic heterocycles. The summed E-state index contributed by atoms with van der Waals surface area (Å²) in [4.78, 5) is 2.53. The monoisotopic (exact) mass is 363 g/mol. The van der Waals surface area contributed by atoms with Gasteiger partial charge in [0.25, 0.3) is 0 Å². The quantitative estimate of drug-likeness (QED) is 0.607. The Kier molecular flexibility index (Phi) is 5.07. The maximum atomic E-state index is 6.21. The largest absolute Gasteiger partial charge is 0.379 e. The normalized spacial score (nSPS) is 15.7. The van der Waals surface area contributed by atoms with Crippen molar-refractivity contribution in [3.8, 4) is 0 Å².